The number of nitrogens with zero attached hydrogens (tertiary/aromatic N) is 3. The van der Waals surface area contributed by atoms with Crippen molar-refractivity contribution >= 4 is 56.3 Å². The molecule has 2 amide bonds. The Kier molecular flexibility index (Phi) is 12.6. The summed E-state index contributed by atoms with van der Waals surface area (Å²) in [6.07, 6.45) is 6.71. The van der Waals surface area contributed by atoms with Crippen molar-refractivity contribution < 1.29 is 18.0 Å². The molecule has 1 heterocycles. The zero-order chi connectivity index (χ0) is 30.9. The van der Waals surface area contributed by atoms with Crippen molar-refractivity contribution in [1.29, 1.82) is 0 Å². The third-order valence-corrected chi connectivity index (χ3v) is 9.55. The molecule has 1 saturated heterocycles. The third-order valence-electron chi connectivity index (χ3n) is 7.79. The topological polar surface area (TPSA) is 111 Å². The lowest BCUT2D eigenvalue weighted by molar-refractivity contribution is -0.139. The molecule has 2 unspecified atom stereocenters. The highest BCUT2D eigenvalue weighted by molar-refractivity contribution is 8.01. The SMILES string of the molecule is CCCN(C(=O)C(NC(=O)[C@H](C)NC)C1CCN(S(C)(=O)=O)CC1)C(C)C=N/C(=C\SC)c1cccc2ccccc12. The highest BCUT2D eigenvalue weighted by Gasteiger charge is 2.38. The molecule has 230 valence electrons. The Morgan fingerprint density at radius 3 is 2.43 bits per heavy atom. The molecule has 2 N–H and O–H groups in total. The molecule has 0 radical (unpaired) electrons. The van der Waals surface area contributed by atoms with Crippen molar-refractivity contribution in [2.24, 2.45) is 10.9 Å². The van der Waals surface area contributed by atoms with Crippen LogP contribution in [0.25, 0.3) is 16.5 Å². The molecule has 0 saturated carbocycles. The van der Waals surface area contributed by atoms with Crippen molar-refractivity contribution in [3.8, 4) is 0 Å². The maximum absolute atomic E-state index is 14.2. The number of amides is 2. The van der Waals surface area contributed by atoms with E-state index in [0.717, 1.165) is 28.5 Å². The largest absolute Gasteiger partial charge is 0.343 e. The van der Waals surface area contributed by atoms with E-state index in [-0.39, 0.29) is 23.8 Å². The fraction of sp³-hybridized carbons (Fsp3) is 0.516. The van der Waals surface area contributed by atoms with E-state index in [2.05, 4.69) is 34.9 Å². The van der Waals surface area contributed by atoms with E-state index in [4.69, 9.17) is 4.99 Å². The molecule has 11 heteroatoms. The highest BCUT2D eigenvalue weighted by Crippen LogP contribution is 2.28. The predicted molar refractivity (Wildman–Crippen MR) is 175 cm³/mol. The van der Waals surface area contributed by atoms with Gasteiger partial charge in [-0.1, -0.05) is 49.4 Å². The molecule has 3 atom stereocenters. The van der Waals surface area contributed by atoms with Gasteiger partial charge in [0.2, 0.25) is 21.8 Å². The molecule has 1 fully saturated rings. The summed E-state index contributed by atoms with van der Waals surface area (Å²) in [7, 11) is -1.62. The molecule has 1 aliphatic heterocycles. The minimum Gasteiger partial charge on any atom is -0.343 e. The summed E-state index contributed by atoms with van der Waals surface area (Å²) < 4.78 is 25.6. The summed E-state index contributed by atoms with van der Waals surface area (Å²) >= 11 is 1.57. The van der Waals surface area contributed by atoms with E-state index in [1.165, 1.54) is 10.6 Å². The molecule has 1 aliphatic rings. The van der Waals surface area contributed by atoms with Gasteiger partial charge in [-0.2, -0.15) is 0 Å². The molecule has 0 bridgehead atoms. The second kappa shape index (κ2) is 15.7. The molecular formula is C31H45N5O4S2. The van der Waals surface area contributed by atoms with Gasteiger partial charge in [-0.15, -0.1) is 11.8 Å². The summed E-state index contributed by atoms with van der Waals surface area (Å²) in [5.41, 5.74) is 1.83. The first-order valence-electron chi connectivity index (χ1n) is 14.5. The van der Waals surface area contributed by atoms with Gasteiger partial charge in [-0.25, -0.2) is 12.7 Å². The van der Waals surface area contributed by atoms with Gasteiger partial charge in [-0.3, -0.25) is 14.6 Å². The smallest absolute Gasteiger partial charge is 0.245 e. The average molecular weight is 616 g/mol. The monoisotopic (exact) mass is 615 g/mol. The number of hydrogen-bond donors (Lipinski definition) is 2. The first-order valence-corrected chi connectivity index (χ1v) is 17.6. The Morgan fingerprint density at radius 2 is 1.81 bits per heavy atom. The number of carbonyl (C=O) groups excluding carboxylic acids is 2. The Labute approximate surface area is 255 Å². The number of likely N-dealkylation sites (N-methyl/N-ethyl adjacent to an activating group) is 1. The fourth-order valence-corrected chi connectivity index (χ4v) is 6.54. The number of benzene rings is 2. The van der Waals surface area contributed by atoms with E-state index in [9.17, 15) is 18.0 Å². The molecule has 0 aromatic heterocycles. The zero-order valence-corrected chi connectivity index (χ0v) is 27.2. The number of nitrogens with one attached hydrogen (secondary N) is 2. The number of rotatable bonds is 13. The summed E-state index contributed by atoms with van der Waals surface area (Å²) in [6, 6.07) is 12.8. The van der Waals surface area contributed by atoms with Gasteiger partial charge in [0, 0.05) is 31.4 Å². The van der Waals surface area contributed by atoms with Crippen LogP contribution >= 0.6 is 11.8 Å². The number of piperidine rings is 1. The third kappa shape index (κ3) is 8.65. The van der Waals surface area contributed by atoms with Gasteiger partial charge in [0.15, 0.2) is 0 Å². The molecule has 3 rings (SSSR count). The molecule has 2 aromatic carbocycles. The van der Waals surface area contributed by atoms with Crippen LogP contribution in [0.4, 0.5) is 0 Å². The van der Waals surface area contributed by atoms with E-state index in [1.807, 2.05) is 43.7 Å². The van der Waals surface area contributed by atoms with Gasteiger partial charge in [-0.05, 0) is 68.5 Å². The van der Waals surface area contributed by atoms with E-state index in [0.29, 0.717) is 32.5 Å². The lowest BCUT2D eigenvalue weighted by atomic mass is 9.88. The summed E-state index contributed by atoms with van der Waals surface area (Å²) in [4.78, 5) is 33.8. The van der Waals surface area contributed by atoms with E-state index < -0.39 is 22.1 Å². The fourth-order valence-electron chi connectivity index (χ4n) is 5.26. The van der Waals surface area contributed by atoms with Crippen LogP contribution < -0.4 is 10.6 Å². The molecule has 2 aromatic rings. The van der Waals surface area contributed by atoms with Crippen LogP contribution in [0.3, 0.4) is 0 Å². The number of sulfonamides is 1. The normalized spacial score (nSPS) is 17.7. The van der Waals surface area contributed by atoms with Gasteiger partial charge >= 0.3 is 0 Å². The van der Waals surface area contributed by atoms with Crippen LogP contribution in [0.2, 0.25) is 0 Å². The lowest BCUT2D eigenvalue weighted by Crippen LogP contribution is -2.58. The van der Waals surface area contributed by atoms with E-state index in [1.54, 1.807) is 36.8 Å². The molecule has 0 spiro atoms. The lowest BCUT2D eigenvalue weighted by Gasteiger charge is -2.38. The summed E-state index contributed by atoms with van der Waals surface area (Å²) in [5.74, 6) is -0.624. The predicted octanol–water partition coefficient (Wildman–Crippen LogP) is 3.96. The number of carbonyl (C=O) groups is 2. The van der Waals surface area contributed by atoms with Crippen molar-refractivity contribution in [2.75, 3.05) is 39.2 Å². The maximum atomic E-state index is 14.2. The second-order valence-electron chi connectivity index (χ2n) is 10.8. The van der Waals surface area contributed by atoms with E-state index >= 15 is 0 Å². The first-order chi connectivity index (χ1) is 20.0. The van der Waals surface area contributed by atoms with Gasteiger partial charge in [0.05, 0.1) is 24.0 Å². The average Bonchev–Trinajstić information content (AvgIpc) is 2.99. The molecular weight excluding hydrogens is 571 g/mol. The van der Waals surface area contributed by atoms with Crippen LogP contribution in [-0.2, 0) is 19.6 Å². The maximum Gasteiger partial charge on any atom is 0.245 e. The quantitative estimate of drug-likeness (QED) is 0.330. The highest BCUT2D eigenvalue weighted by atomic mass is 32.2. The van der Waals surface area contributed by atoms with Crippen molar-refractivity contribution in [2.45, 2.75) is 58.2 Å². The Morgan fingerprint density at radius 1 is 1.14 bits per heavy atom. The standard InChI is InChI=1S/C31H45N5O4S2/c1-7-17-36(22(2)20-33-28(21-41-5)27-14-10-12-24-11-8-9-13-26(24)27)31(38)29(34-30(37)23(3)32-4)25-15-18-35(19-16-25)42(6,39)40/h8-14,20-23,25,29,32H,7,15-19H2,1-6H3,(H,34,37)/b28-21-,33-20?/t22?,23-,29?/m0/s1. The van der Waals surface area contributed by atoms with Crippen molar-refractivity contribution in [3.63, 3.8) is 0 Å². The number of hydrogen-bond acceptors (Lipinski definition) is 7. The minimum atomic E-state index is -3.31. The van der Waals surface area contributed by atoms with Gasteiger partial charge in [0.25, 0.3) is 0 Å². The molecule has 9 nitrogen and oxygen atoms in total. The summed E-state index contributed by atoms with van der Waals surface area (Å²) in [6.45, 7) is 6.85. The minimum absolute atomic E-state index is 0.175. The number of aliphatic imine (C=N–C) groups is 1. The van der Waals surface area contributed by atoms with Gasteiger partial charge in [0.1, 0.15) is 6.04 Å². The molecule has 42 heavy (non-hydrogen) atoms. The van der Waals surface area contributed by atoms with Crippen LogP contribution in [0.5, 0.6) is 0 Å². The Hall–Kier alpha value is -2.73. The van der Waals surface area contributed by atoms with Crippen LogP contribution in [0.1, 0.15) is 45.6 Å². The summed E-state index contributed by atoms with van der Waals surface area (Å²) in [5, 5.41) is 10.2. The Balaban J connectivity index is 1.89. The van der Waals surface area contributed by atoms with Crippen LogP contribution in [0, 0.1) is 5.92 Å². The van der Waals surface area contributed by atoms with Crippen LogP contribution in [0.15, 0.2) is 52.9 Å². The number of thioether (sulfide) groups is 1. The Bertz CT molecular complexity index is 1380. The van der Waals surface area contributed by atoms with Gasteiger partial charge < -0.3 is 15.5 Å². The molecule has 0 aliphatic carbocycles. The second-order valence-corrected chi connectivity index (χ2v) is 13.5. The van der Waals surface area contributed by atoms with Crippen molar-refractivity contribution in [3.05, 3.63) is 53.4 Å². The number of fused-ring (bicyclic) bond motifs is 1. The van der Waals surface area contributed by atoms with Crippen molar-refractivity contribution in [1.82, 2.24) is 19.8 Å². The van der Waals surface area contributed by atoms with Crippen LogP contribution in [-0.4, -0.2) is 93.0 Å². The zero-order valence-electron chi connectivity index (χ0n) is 25.5. The first kappa shape index (κ1) is 33.8.